The molecule has 2 aliphatic rings. The fourth-order valence-corrected chi connectivity index (χ4v) is 5.82. The molecule has 8 nitrogen and oxygen atoms in total. The van der Waals surface area contributed by atoms with E-state index >= 15 is 0 Å². The SMILES string of the molecule is O=C(O)C1CC2CCC1N2S(=O)(=O)c1cc2oc(=O)[nH]c2cc1F. The van der Waals surface area contributed by atoms with E-state index in [4.69, 9.17) is 4.42 Å². The van der Waals surface area contributed by atoms with Crippen molar-refractivity contribution in [2.45, 2.75) is 36.2 Å². The van der Waals surface area contributed by atoms with Crippen LogP contribution in [0.4, 0.5) is 4.39 Å². The quantitative estimate of drug-likeness (QED) is 0.842. The highest BCUT2D eigenvalue weighted by molar-refractivity contribution is 7.89. The number of carboxylic acids is 1. The molecule has 3 unspecified atom stereocenters. The number of nitrogens with one attached hydrogen (secondary N) is 1. The molecular formula is C14H13FN2O6S. The van der Waals surface area contributed by atoms with E-state index in [9.17, 15) is 27.5 Å². The lowest BCUT2D eigenvalue weighted by Crippen LogP contribution is -2.38. The Hall–Kier alpha value is -2.20. The monoisotopic (exact) mass is 356 g/mol. The first-order chi connectivity index (χ1) is 11.3. The van der Waals surface area contributed by atoms with Crippen molar-refractivity contribution in [1.29, 1.82) is 0 Å². The Morgan fingerprint density at radius 3 is 2.79 bits per heavy atom. The van der Waals surface area contributed by atoms with Crippen LogP contribution in [-0.4, -0.2) is 40.9 Å². The number of rotatable bonds is 3. The number of benzene rings is 1. The van der Waals surface area contributed by atoms with Crippen LogP contribution < -0.4 is 5.76 Å². The van der Waals surface area contributed by atoms with E-state index < -0.39 is 50.5 Å². The zero-order valence-corrected chi connectivity index (χ0v) is 13.0. The summed E-state index contributed by atoms with van der Waals surface area (Å²) in [5.74, 6) is -3.66. The normalized spacial score (nSPS) is 27.1. The summed E-state index contributed by atoms with van der Waals surface area (Å²) in [7, 11) is -4.23. The number of fused-ring (bicyclic) bond motifs is 3. The van der Waals surface area contributed by atoms with E-state index in [0.29, 0.717) is 12.8 Å². The first kappa shape index (κ1) is 15.3. The van der Waals surface area contributed by atoms with Crippen molar-refractivity contribution in [3.63, 3.8) is 0 Å². The Morgan fingerprint density at radius 2 is 2.12 bits per heavy atom. The van der Waals surface area contributed by atoms with Crippen LogP contribution in [0.15, 0.2) is 26.2 Å². The highest BCUT2D eigenvalue weighted by Gasteiger charge is 2.54. The van der Waals surface area contributed by atoms with Gasteiger partial charge in [-0.15, -0.1) is 0 Å². The Morgan fingerprint density at radius 1 is 1.38 bits per heavy atom. The topological polar surface area (TPSA) is 121 Å². The molecule has 0 saturated carbocycles. The Kier molecular flexibility index (Phi) is 3.13. The molecule has 1 aromatic carbocycles. The maximum absolute atomic E-state index is 14.3. The van der Waals surface area contributed by atoms with Gasteiger partial charge in [0.25, 0.3) is 0 Å². The molecule has 1 aromatic heterocycles. The first-order valence-corrected chi connectivity index (χ1v) is 8.82. The molecule has 0 aliphatic carbocycles. The molecule has 2 saturated heterocycles. The minimum Gasteiger partial charge on any atom is -0.481 e. The number of aromatic nitrogens is 1. The fourth-order valence-electron chi connectivity index (χ4n) is 3.84. The maximum atomic E-state index is 14.3. The summed E-state index contributed by atoms with van der Waals surface area (Å²) in [5.41, 5.74) is -0.00874. The van der Waals surface area contributed by atoms with Gasteiger partial charge in [-0.2, -0.15) is 4.31 Å². The van der Waals surface area contributed by atoms with Crippen LogP contribution in [0.25, 0.3) is 11.1 Å². The van der Waals surface area contributed by atoms with Gasteiger partial charge in [-0.05, 0) is 19.3 Å². The highest BCUT2D eigenvalue weighted by atomic mass is 32.2. The molecule has 10 heteroatoms. The van der Waals surface area contributed by atoms with Crippen LogP contribution in [0.2, 0.25) is 0 Å². The van der Waals surface area contributed by atoms with Gasteiger partial charge in [0.05, 0.1) is 11.4 Å². The average Bonchev–Trinajstić information content (AvgIpc) is 3.17. The molecule has 128 valence electrons. The number of halogens is 1. The number of carboxylic acid groups (broad SMARTS) is 1. The van der Waals surface area contributed by atoms with E-state index in [0.717, 1.165) is 16.4 Å². The number of hydrogen-bond donors (Lipinski definition) is 2. The number of nitrogens with zero attached hydrogens (tertiary/aromatic N) is 1. The molecule has 0 amide bonds. The molecule has 2 fully saturated rings. The van der Waals surface area contributed by atoms with E-state index in [2.05, 4.69) is 4.98 Å². The van der Waals surface area contributed by atoms with Crippen molar-refractivity contribution in [3.05, 3.63) is 28.5 Å². The first-order valence-electron chi connectivity index (χ1n) is 7.38. The van der Waals surface area contributed by atoms with Gasteiger partial charge in [0.2, 0.25) is 10.0 Å². The third-order valence-corrected chi connectivity index (χ3v) is 6.81. The lowest BCUT2D eigenvalue weighted by molar-refractivity contribution is -0.142. The third kappa shape index (κ3) is 2.02. The van der Waals surface area contributed by atoms with Crippen molar-refractivity contribution in [1.82, 2.24) is 9.29 Å². The van der Waals surface area contributed by atoms with Crippen molar-refractivity contribution < 1.29 is 27.1 Å². The fraction of sp³-hybridized carbons (Fsp3) is 0.429. The van der Waals surface area contributed by atoms with Crippen molar-refractivity contribution in [2.24, 2.45) is 5.92 Å². The van der Waals surface area contributed by atoms with Gasteiger partial charge in [0.1, 0.15) is 10.7 Å². The van der Waals surface area contributed by atoms with Crippen LogP contribution in [-0.2, 0) is 14.8 Å². The minimum absolute atomic E-state index is 0.0595. The third-order valence-electron chi connectivity index (χ3n) is 4.82. The Bertz CT molecular complexity index is 1010. The van der Waals surface area contributed by atoms with E-state index in [1.165, 1.54) is 0 Å². The number of sulfonamides is 1. The molecule has 4 rings (SSSR count). The number of carbonyl (C=O) groups is 1. The van der Waals surface area contributed by atoms with E-state index in [1.54, 1.807) is 0 Å². The van der Waals surface area contributed by atoms with Gasteiger partial charge in [0, 0.05) is 24.2 Å². The summed E-state index contributed by atoms with van der Waals surface area (Å²) in [6, 6.07) is 0.728. The van der Waals surface area contributed by atoms with Gasteiger partial charge in [-0.3, -0.25) is 9.78 Å². The zero-order valence-electron chi connectivity index (χ0n) is 12.2. The van der Waals surface area contributed by atoms with Gasteiger partial charge in [0.15, 0.2) is 5.58 Å². The summed E-state index contributed by atoms with van der Waals surface area (Å²) in [6.45, 7) is 0. The van der Waals surface area contributed by atoms with Crippen molar-refractivity contribution >= 4 is 27.1 Å². The van der Waals surface area contributed by atoms with Gasteiger partial charge >= 0.3 is 11.7 Å². The molecule has 0 spiro atoms. The van der Waals surface area contributed by atoms with E-state index in [1.807, 2.05) is 0 Å². The number of H-pyrrole nitrogens is 1. The largest absolute Gasteiger partial charge is 0.481 e. The lowest BCUT2D eigenvalue weighted by Gasteiger charge is -2.22. The smallest absolute Gasteiger partial charge is 0.417 e. The molecule has 3 atom stereocenters. The lowest BCUT2D eigenvalue weighted by atomic mass is 9.89. The van der Waals surface area contributed by atoms with Gasteiger partial charge in [-0.1, -0.05) is 0 Å². The summed E-state index contributed by atoms with van der Waals surface area (Å²) >= 11 is 0. The van der Waals surface area contributed by atoms with Crippen LogP contribution in [0.3, 0.4) is 0 Å². The summed E-state index contributed by atoms with van der Waals surface area (Å²) in [5, 5.41) is 9.24. The molecule has 2 aliphatic heterocycles. The van der Waals surface area contributed by atoms with Crippen molar-refractivity contribution in [3.8, 4) is 0 Å². The molecule has 24 heavy (non-hydrogen) atoms. The number of hydrogen-bond acceptors (Lipinski definition) is 5. The maximum Gasteiger partial charge on any atom is 0.417 e. The Balaban J connectivity index is 1.82. The molecular weight excluding hydrogens is 343 g/mol. The van der Waals surface area contributed by atoms with Crippen LogP contribution in [0.1, 0.15) is 19.3 Å². The minimum atomic E-state index is -4.23. The number of oxazole rings is 1. The zero-order chi connectivity index (χ0) is 17.2. The summed E-state index contributed by atoms with van der Waals surface area (Å²) in [4.78, 5) is 24.1. The molecule has 3 heterocycles. The molecule has 2 N–H and O–H groups in total. The predicted octanol–water partition coefficient (Wildman–Crippen LogP) is 0.886. The van der Waals surface area contributed by atoms with E-state index in [-0.39, 0.29) is 17.5 Å². The predicted molar refractivity (Wildman–Crippen MR) is 78.4 cm³/mol. The summed E-state index contributed by atoms with van der Waals surface area (Å²) in [6.07, 6.45) is 1.21. The standard InChI is InChI=1S/C14H13FN2O6S/c15-8-4-9-11(23-14(20)16-9)5-12(8)24(21,22)17-6-1-2-10(17)7(3-6)13(18)19/h4-7,10H,1-3H2,(H,16,20)(H,18,19). The molecule has 2 bridgehead atoms. The average molecular weight is 356 g/mol. The number of aromatic amines is 1. The van der Waals surface area contributed by atoms with Crippen LogP contribution in [0.5, 0.6) is 0 Å². The molecule has 0 radical (unpaired) electrons. The second-order valence-corrected chi connectivity index (χ2v) is 7.92. The number of aliphatic carboxylic acids is 1. The van der Waals surface area contributed by atoms with Crippen molar-refractivity contribution in [2.75, 3.05) is 0 Å². The summed E-state index contributed by atoms with van der Waals surface area (Å²) < 4.78 is 46.0. The van der Waals surface area contributed by atoms with Gasteiger partial charge < -0.3 is 9.52 Å². The van der Waals surface area contributed by atoms with Crippen LogP contribution >= 0.6 is 0 Å². The van der Waals surface area contributed by atoms with Gasteiger partial charge in [-0.25, -0.2) is 17.6 Å². The Labute approximate surface area is 134 Å². The van der Waals surface area contributed by atoms with Crippen LogP contribution in [0, 0.1) is 11.7 Å². The second kappa shape index (κ2) is 4.90. The molecule has 2 aromatic rings. The highest BCUT2D eigenvalue weighted by Crippen LogP contribution is 2.45. The second-order valence-electron chi connectivity index (χ2n) is 6.11.